The molecule has 5 heteroatoms. The van der Waals surface area contributed by atoms with E-state index in [0.29, 0.717) is 18.7 Å². The second kappa shape index (κ2) is 6.65. The summed E-state index contributed by atoms with van der Waals surface area (Å²) in [5, 5.41) is 28.0. The number of aromatic hydroxyl groups is 2. The summed E-state index contributed by atoms with van der Waals surface area (Å²) in [6.45, 7) is 0.697. The van der Waals surface area contributed by atoms with Gasteiger partial charge in [-0.25, -0.2) is 0 Å². The number of carboxylic acid groups (broad SMARTS) is 1. The highest BCUT2D eigenvalue weighted by Gasteiger charge is 2.12. The van der Waals surface area contributed by atoms with E-state index in [2.05, 4.69) is 0 Å². The Morgan fingerprint density at radius 3 is 2.38 bits per heavy atom. The number of aliphatic carboxylic acids is 1. The minimum atomic E-state index is -0.870. The number of anilines is 1. The number of para-hydroxylation sites is 1. The van der Waals surface area contributed by atoms with Crippen LogP contribution in [-0.4, -0.2) is 27.8 Å². The molecule has 110 valence electrons. The Morgan fingerprint density at radius 1 is 1.05 bits per heavy atom. The molecule has 3 N–H and O–H groups in total. The zero-order valence-electron chi connectivity index (χ0n) is 11.4. The lowest BCUT2D eigenvalue weighted by molar-refractivity contribution is -0.136. The van der Waals surface area contributed by atoms with Crippen molar-refractivity contribution in [2.75, 3.05) is 11.4 Å². The van der Waals surface area contributed by atoms with Crippen LogP contribution in [0.5, 0.6) is 11.5 Å². The van der Waals surface area contributed by atoms with Gasteiger partial charge in [-0.1, -0.05) is 18.2 Å². The molecule has 0 aliphatic rings. The second-order valence-electron chi connectivity index (χ2n) is 4.71. The van der Waals surface area contributed by atoms with Gasteiger partial charge in [0.05, 0.1) is 6.42 Å². The van der Waals surface area contributed by atoms with Crippen molar-refractivity contribution in [3.05, 3.63) is 54.1 Å². The third-order valence-electron chi connectivity index (χ3n) is 3.15. The molecule has 0 aromatic heterocycles. The standard InChI is InChI=1S/C16H17NO4/c18-14-7-6-12(15(19)10-14)11-17(9-8-16(20)21)13-4-2-1-3-5-13/h1-7,10,18-19H,8-9,11H2,(H,20,21). The SMILES string of the molecule is O=C(O)CCN(Cc1ccc(O)cc1O)c1ccccc1. The maximum atomic E-state index is 10.8. The van der Waals surface area contributed by atoms with Crippen molar-refractivity contribution < 1.29 is 20.1 Å². The topological polar surface area (TPSA) is 81.0 Å². The van der Waals surface area contributed by atoms with Crippen LogP contribution in [0.4, 0.5) is 5.69 Å². The first-order chi connectivity index (χ1) is 10.1. The fourth-order valence-electron chi connectivity index (χ4n) is 2.06. The van der Waals surface area contributed by atoms with Gasteiger partial charge in [0.15, 0.2) is 0 Å². The van der Waals surface area contributed by atoms with Crippen LogP contribution in [0, 0.1) is 0 Å². The number of rotatable bonds is 6. The van der Waals surface area contributed by atoms with Gasteiger partial charge in [0.25, 0.3) is 0 Å². The predicted octanol–water partition coefficient (Wildman–Crippen LogP) is 2.58. The Kier molecular flexibility index (Phi) is 4.66. The summed E-state index contributed by atoms with van der Waals surface area (Å²) in [4.78, 5) is 12.7. The molecule has 0 aliphatic heterocycles. The highest BCUT2D eigenvalue weighted by molar-refractivity contribution is 5.67. The molecule has 2 rings (SSSR count). The van der Waals surface area contributed by atoms with E-state index in [1.54, 1.807) is 6.07 Å². The molecular weight excluding hydrogens is 270 g/mol. The number of carboxylic acids is 1. The van der Waals surface area contributed by atoms with Crippen LogP contribution in [0.2, 0.25) is 0 Å². The van der Waals surface area contributed by atoms with Crippen molar-refractivity contribution in [1.29, 1.82) is 0 Å². The van der Waals surface area contributed by atoms with Crippen LogP contribution in [0.25, 0.3) is 0 Å². The second-order valence-corrected chi connectivity index (χ2v) is 4.71. The number of carbonyl (C=O) groups is 1. The van der Waals surface area contributed by atoms with Crippen molar-refractivity contribution in [3.63, 3.8) is 0 Å². The summed E-state index contributed by atoms with van der Waals surface area (Å²) in [5.41, 5.74) is 1.51. The summed E-state index contributed by atoms with van der Waals surface area (Å²) in [7, 11) is 0. The zero-order chi connectivity index (χ0) is 15.2. The number of phenols is 2. The van der Waals surface area contributed by atoms with Gasteiger partial charge in [-0.2, -0.15) is 0 Å². The summed E-state index contributed by atoms with van der Waals surface area (Å²) in [6.07, 6.45) is 0.00768. The Bertz CT molecular complexity index is 613. The van der Waals surface area contributed by atoms with Gasteiger partial charge in [0.2, 0.25) is 0 Å². The lowest BCUT2D eigenvalue weighted by Gasteiger charge is -2.24. The molecule has 0 radical (unpaired) electrons. The maximum Gasteiger partial charge on any atom is 0.305 e. The molecule has 0 heterocycles. The number of benzene rings is 2. The van der Waals surface area contributed by atoms with Gasteiger partial charge in [0, 0.05) is 30.4 Å². The molecule has 0 saturated heterocycles. The third-order valence-corrected chi connectivity index (χ3v) is 3.15. The largest absolute Gasteiger partial charge is 0.508 e. The van der Waals surface area contributed by atoms with Gasteiger partial charge in [-0.15, -0.1) is 0 Å². The van der Waals surface area contributed by atoms with E-state index in [4.69, 9.17) is 5.11 Å². The lowest BCUT2D eigenvalue weighted by Crippen LogP contribution is -2.25. The Labute approximate surface area is 122 Å². The first-order valence-electron chi connectivity index (χ1n) is 6.59. The van der Waals surface area contributed by atoms with Gasteiger partial charge < -0.3 is 20.2 Å². The van der Waals surface area contributed by atoms with Crippen molar-refractivity contribution in [3.8, 4) is 11.5 Å². The molecule has 0 spiro atoms. The van der Waals surface area contributed by atoms with Crippen LogP contribution < -0.4 is 4.90 Å². The maximum absolute atomic E-state index is 10.8. The molecule has 2 aromatic rings. The van der Waals surface area contributed by atoms with Gasteiger partial charge in [-0.05, 0) is 24.3 Å². The summed E-state index contributed by atoms with van der Waals surface area (Å²) in [5.74, 6) is -0.884. The normalized spacial score (nSPS) is 10.3. The Hall–Kier alpha value is -2.69. The molecule has 0 aliphatic carbocycles. The number of phenolic OH excluding ortho intramolecular Hbond substituents is 2. The van der Waals surface area contributed by atoms with Crippen molar-refractivity contribution in [2.24, 2.45) is 0 Å². The smallest absolute Gasteiger partial charge is 0.305 e. The van der Waals surface area contributed by atoms with E-state index in [1.807, 2.05) is 35.2 Å². The molecule has 0 bridgehead atoms. The average molecular weight is 287 g/mol. The molecule has 0 saturated carbocycles. The monoisotopic (exact) mass is 287 g/mol. The molecule has 0 unspecified atom stereocenters. The fourth-order valence-corrected chi connectivity index (χ4v) is 2.06. The van der Waals surface area contributed by atoms with Crippen LogP contribution >= 0.6 is 0 Å². The van der Waals surface area contributed by atoms with Crippen LogP contribution in [0.3, 0.4) is 0 Å². The Balaban J connectivity index is 2.21. The highest BCUT2D eigenvalue weighted by Crippen LogP contribution is 2.26. The minimum Gasteiger partial charge on any atom is -0.508 e. The molecule has 0 atom stereocenters. The van der Waals surface area contributed by atoms with Crippen LogP contribution in [-0.2, 0) is 11.3 Å². The van der Waals surface area contributed by atoms with Crippen molar-refractivity contribution in [2.45, 2.75) is 13.0 Å². The molecule has 21 heavy (non-hydrogen) atoms. The summed E-state index contributed by atoms with van der Waals surface area (Å²) < 4.78 is 0. The van der Waals surface area contributed by atoms with E-state index in [0.717, 1.165) is 5.69 Å². The first kappa shape index (κ1) is 14.7. The first-order valence-corrected chi connectivity index (χ1v) is 6.59. The third kappa shape index (κ3) is 4.14. The number of hydrogen-bond acceptors (Lipinski definition) is 4. The quantitative estimate of drug-likeness (QED) is 0.761. The van der Waals surface area contributed by atoms with Crippen LogP contribution in [0.15, 0.2) is 48.5 Å². The minimum absolute atomic E-state index is 0.00644. The number of nitrogens with zero attached hydrogens (tertiary/aromatic N) is 1. The van der Waals surface area contributed by atoms with E-state index in [1.165, 1.54) is 12.1 Å². The summed E-state index contributed by atoms with van der Waals surface area (Å²) in [6, 6.07) is 13.8. The molecular formula is C16H17NO4. The van der Waals surface area contributed by atoms with E-state index in [9.17, 15) is 15.0 Å². The highest BCUT2D eigenvalue weighted by atomic mass is 16.4. The molecule has 2 aromatic carbocycles. The van der Waals surface area contributed by atoms with Gasteiger partial charge in [-0.3, -0.25) is 4.79 Å². The van der Waals surface area contributed by atoms with Gasteiger partial charge >= 0.3 is 5.97 Å². The molecule has 0 amide bonds. The predicted molar refractivity (Wildman–Crippen MR) is 79.5 cm³/mol. The fraction of sp³-hybridized carbons (Fsp3) is 0.188. The molecule has 0 fully saturated rings. The summed E-state index contributed by atoms with van der Waals surface area (Å²) >= 11 is 0. The Morgan fingerprint density at radius 2 is 1.76 bits per heavy atom. The van der Waals surface area contributed by atoms with E-state index < -0.39 is 5.97 Å². The number of hydrogen-bond donors (Lipinski definition) is 3. The van der Waals surface area contributed by atoms with Gasteiger partial charge in [0.1, 0.15) is 11.5 Å². The average Bonchev–Trinajstić information content (AvgIpc) is 2.46. The van der Waals surface area contributed by atoms with E-state index in [-0.39, 0.29) is 17.9 Å². The molecule has 5 nitrogen and oxygen atoms in total. The van der Waals surface area contributed by atoms with Crippen LogP contribution in [0.1, 0.15) is 12.0 Å². The van der Waals surface area contributed by atoms with Crippen molar-refractivity contribution >= 4 is 11.7 Å². The zero-order valence-corrected chi connectivity index (χ0v) is 11.4. The lowest BCUT2D eigenvalue weighted by atomic mass is 10.1. The van der Waals surface area contributed by atoms with Crippen molar-refractivity contribution in [1.82, 2.24) is 0 Å². The van der Waals surface area contributed by atoms with E-state index >= 15 is 0 Å².